The molecule has 3 rings (SSSR count). The van der Waals surface area contributed by atoms with Crippen molar-refractivity contribution < 1.29 is 23.9 Å². The Hall–Kier alpha value is -2.38. The second kappa shape index (κ2) is 8.97. The van der Waals surface area contributed by atoms with Gasteiger partial charge >= 0.3 is 5.97 Å². The number of carbonyl (C=O) groups excluding carboxylic acids is 3. The fraction of sp³-hybridized carbons (Fsp3) is 0.286. The second-order valence-electron chi connectivity index (χ2n) is 6.69. The first-order chi connectivity index (χ1) is 13.8. The Morgan fingerprint density at radius 3 is 2.41 bits per heavy atom. The van der Waals surface area contributed by atoms with Gasteiger partial charge in [-0.2, -0.15) is 0 Å². The van der Waals surface area contributed by atoms with Crippen molar-refractivity contribution in [2.24, 2.45) is 0 Å². The van der Waals surface area contributed by atoms with Gasteiger partial charge < -0.3 is 9.47 Å². The number of amides is 2. The van der Waals surface area contributed by atoms with Crippen LogP contribution >= 0.6 is 27.5 Å². The highest BCUT2D eigenvalue weighted by Gasteiger charge is 2.35. The van der Waals surface area contributed by atoms with Gasteiger partial charge in [-0.1, -0.05) is 27.5 Å². The second-order valence-corrected chi connectivity index (χ2v) is 7.98. The summed E-state index contributed by atoms with van der Waals surface area (Å²) in [6, 6.07) is 8.48. The van der Waals surface area contributed by atoms with Crippen molar-refractivity contribution >= 4 is 45.3 Å². The topological polar surface area (TPSA) is 72.9 Å². The van der Waals surface area contributed by atoms with E-state index in [1.807, 2.05) is 13.8 Å². The molecule has 0 saturated heterocycles. The average molecular weight is 481 g/mol. The molecule has 2 aromatic rings. The molecule has 0 fully saturated rings. The molecule has 0 aliphatic carbocycles. The summed E-state index contributed by atoms with van der Waals surface area (Å²) in [4.78, 5) is 37.7. The molecule has 0 aromatic heterocycles. The van der Waals surface area contributed by atoms with Gasteiger partial charge in [0.15, 0.2) is 6.61 Å². The average Bonchev–Trinajstić information content (AvgIpc) is 2.91. The van der Waals surface area contributed by atoms with E-state index >= 15 is 0 Å². The van der Waals surface area contributed by atoms with Gasteiger partial charge in [0.25, 0.3) is 11.8 Å². The molecule has 0 unspecified atom stereocenters. The van der Waals surface area contributed by atoms with Crippen LogP contribution in [0.1, 0.15) is 38.3 Å². The molecule has 8 heteroatoms. The Bertz CT molecular complexity index is 968. The summed E-state index contributed by atoms with van der Waals surface area (Å²) < 4.78 is 11.3. The maximum Gasteiger partial charge on any atom is 0.344 e. The van der Waals surface area contributed by atoms with Gasteiger partial charge in [-0.15, -0.1) is 0 Å². The van der Waals surface area contributed by atoms with Crippen molar-refractivity contribution in [3.05, 3.63) is 62.1 Å². The molecule has 0 bridgehead atoms. The zero-order valence-corrected chi connectivity index (χ0v) is 18.3. The molecule has 2 amide bonds. The summed E-state index contributed by atoms with van der Waals surface area (Å²) in [5, 5.41) is 0.667. The lowest BCUT2D eigenvalue weighted by Crippen LogP contribution is -2.31. The normalized spacial score (nSPS) is 12.9. The predicted molar refractivity (Wildman–Crippen MR) is 112 cm³/mol. The first-order valence-electron chi connectivity index (χ1n) is 8.99. The number of benzene rings is 2. The Balaban J connectivity index is 1.43. The van der Waals surface area contributed by atoms with Crippen LogP contribution in [0.25, 0.3) is 0 Å². The number of esters is 1. The summed E-state index contributed by atoms with van der Waals surface area (Å²) in [6.07, 6.45) is 0.345. The van der Waals surface area contributed by atoms with E-state index in [0.29, 0.717) is 28.3 Å². The number of imide groups is 1. The molecular weight excluding hydrogens is 462 g/mol. The van der Waals surface area contributed by atoms with Crippen molar-refractivity contribution in [1.82, 2.24) is 4.90 Å². The maximum absolute atomic E-state index is 12.4. The van der Waals surface area contributed by atoms with Crippen LogP contribution in [-0.2, 0) is 9.53 Å². The lowest BCUT2D eigenvalue weighted by atomic mass is 10.1. The van der Waals surface area contributed by atoms with Gasteiger partial charge in [0.05, 0.1) is 17.7 Å². The number of rotatable bonds is 7. The van der Waals surface area contributed by atoms with Gasteiger partial charge in [0.2, 0.25) is 0 Å². The van der Waals surface area contributed by atoms with Crippen LogP contribution in [0, 0.1) is 13.8 Å². The number of halogens is 2. The Labute approximate surface area is 181 Å². The minimum absolute atomic E-state index is 0.0813. The summed E-state index contributed by atoms with van der Waals surface area (Å²) >= 11 is 9.40. The zero-order valence-electron chi connectivity index (χ0n) is 16.0. The molecule has 1 heterocycles. The number of hydrogen-bond donors (Lipinski definition) is 0. The van der Waals surface area contributed by atoms with E-state index in [1.165, 1.54) is 4.90 Å². The van der Waals surface area contributed by atoms with Crippen LogP contribution in [0.5, 0.6) is 5.75 Å². The number of carbonyl (C=O) groups is 3. The third-order valence-corrected chi connectivity index (χ3v) is 5.58. The number of ether oxygens (including phenoxy) is 2. The third kappa shape index (κ3) is 4.79. The first kappa shape index (κ1) is 21.3. The standard InChI is InChI=1S/C21H19BrClNO5/c1-12-8-15(9-13(2)19(12)23)29-11-18(25)28-7-3-6-24-20(26)16-5-4-14(22)10-17(16)21(24)27/h4-5,8-10H,3,6-7,11H2,1-2H3. The van der Waals surface area contributed by atoms with Gasteiger partial charge in [0, 0.05) is 16.0 Å². The van der Waals surface area contributed by atoms with E-state index in [9.17, 15) is 14.4 Å². The SMILES string of the molecule is Cc1cc(OCC(=O)OCCCN2C(=O)c3ccc(Br)cc3C2=O)cc(C)c1Cl. The van der Waals surface area contributed by atoms with Crippen LogP contribution in [0.3, 0.4) is 0 Å². The highest BCUT2D eigenvalue weighted by molar-refractivity contribution is 9.10. The van der Waals surface area contributed by atoms with Crippen LogP contribution in [0.4, 0.5) is 0 Å². The lowest BCUT2D eigenvalue weighted by molar-refractivity contribution is -0.146. The molecule has 0 saturated carbocycles. The summed E-state index contributed by atoms with van der Waals surface area (Å²) in [7, 11) is 0. The van der Waals surface area contributed by atoms with E-state index in [-0.39, 0.29) is 31.6 Å². The molecule has 152 valence electrons. The number of hydrogen-bond acceptors (Lipinski definition) is 5. The molecule has 0 radical (unpaired) electrons. The summed E-state index contributed by atoms with van der Waals surface area (Å²) in [5.74, 6) is -0.657. The smallest absolute Gasteiger partial charge is 0.344 e. The highest BCUT2D eigenvalue weighted by Crippen LogP contribution is 2.27. The van der Waals surface area contributed by atoms with E-state index in [0.717, 1.165) is 15.6 Å². The van der Waals surface area contributed by atoms with Gasteiger partial charge in [-0.3, -0.25) is 14.5 Å². The summed E-state index contributed by atoms with van der Waals surface area (Å²) in [6.45, 7) is 3.74. The Morgan fingerprint density at radius 1 is 1.07 bits per heavy atom. The van der Waals surface area contributed by atoms with E-state index < -0.39 is 5.97 Å². The fourth-order valence-corrected chi connectivity index (χ4v) is 3.52. The van der Waals surface area contributed by atoms with Crippen molar-refractivity contribution in [1.29, 1.82) is 0 Å². The molecule has 0 spiro atoms. The van der Waals surface area contributed by atoms with Crippen molar-refractivity contribution in [2.45, 2.75) is 20.3 Å². The number of fused-ring (bicyclic) bond motifs is 1. The monoisotopic (exact) mass is 479 g/mol. The fourth-order valence-electron chi connectivity index (χ4n) is 3.05. The van der Waals surface area contributed by atoms with Gasteiger partial charge in [0.1, 0.15) is 5.75 Å². The largest absolute Gasteiger partial charge is 0.482 e. The highest BCUT2D eigenvalue weighted by atomic mass is 79.9. The third-order valence-electron chi connectivity index (χ3n) is 4.49. The number of nitrogens with zero attached hydrogens (tertiary/aromatic N) is 1. The minimum atomic E-state index is -0.526. The molecule has 0 N–H and O–H groups in total. The van der Waals surface area contributed by atoms with E-state index in [4.69, 9.17) is 21.1 Å². The van der Waals surface area contributed by atoms with Gasteiger partial charge in [-0.25, -0.2) is 4.79 Å². The first-order valence-corrected chi connectivity index (χ1v) is 10.2. The lowest BCUT2D eigenvalue weighted by Gasteiger charge is -2.14. The quantitative estimate of drug-likeness (QED) is 0.335. The van der Waals surface area contributed by atoms with Gasteiger partial charge in [-0.05, 0) is 61.7 Å². The zero-order chi connectivity index (χ0) is 21.1. The maximum atomic E-state index is 12.4. The minimum Gasteiger partial charge on any atom is -0.482 e. The van der Waals surface area contributed by atoms with Crippen molar-refractivity contribution in [3.8, 4) is 5.75 Å². The number of aryl methyl sites for hydroxylation is 2. The molecule has 29 heavy (non-hydrogen) atoms. The Morgan fingerprint density at radius 2 is 1.72 bits per heavy atom. The molecule has 1 aliphatic heterocycles. The van der Waals surface area contributed by atoms with Crippen molar-refractivity contribution in [3.63, 3.8) is 0 Å². The van der Waals surface area contributed by atoms with Crippen LogP contribution < -0.4 is 4.74 Å². The van der Waals surface area contributed by atoms with E-state index in [1.54, 1.807) is 30.3 Å². The van der Waals surface area contributed by atoms with Crippen LogP contribution in [0.2, 0.25) is 5.02 Å². The molecule has 1 aliphatic rings. The Kier molecular flexibility index (Phi) is 6.59. The summed E-state index contributed by atoms with van der Waals surface area (Å²) in [5.41, 5.74) is 2.49. The van der Waals surface area contributed by atoms with Crippen molar-refractivity contribution in [2.75, 3.05) is 19.8 Å². The van der Waals surface area contributed by atoms with Crippen LogP contribution in [0.15, 0.2) is 34.8 Å². The molecular formula is C21H19BrClNO5. The molecule has 0 atom stereocenters. The van der Waals surface area contributed by atoms with Crippen LogP contribution in [-0.4, -0.2) is 42.4 Å². The molecule has 6 nitrogen and oxygen atoms in total. The predicted octanol–water partition coefficient (Wildman–Crippen LogP) is 4.33. The van der Waals surface area contributed by atoms with E-state index in [2.05, 4.69) is 15.9 Å². The molecule has 2 aromatic carbocycles.